The van der Waals surface area contributed by atoms with E-state index in [1.807, 2.05) is 27.7 Å². The maximum absolute atomic E-state index is 13.0. The smallest absolute Gasteiger partial charge is 0.306 e. The van der Waals surface area contributed by atoms with Crippen LogP contribution in [0.15, 0.2) is 6.20 Å². The summed E-state index contributed by atoms with van der Waals surface area (Å²) < 4.78 is 24.4. The third-order valence-electron chi connectivity index (χ3n) is 9.67. The normalized spacial score (nSPS) is 12.2. The van der Waals surface area contributed by atoms with E-state index in [4.69, 9.17) is 18.9 Å². The van der Waals surface area contributed by atoms with Gasteiger partial charge >= 0.3 is 11.9 Å². The molecular weight excluding hydrogens is 670 g/mol. The van der Waals surface area contributed by atoms with Crippen molar-refractivity contribution >= 4 is 17.7 Å². The number of aryl methyl sites for hydroxylation is 1. The summed E-state index contributed by atoms with van der Waals surface area (Å²) in [5.74, 6) is -0.583. The van der Waals surface area contributed by atoms with Crippen LogP contribution in [-0.4, -0.2) is 70.3 Å². The number of ketones is 1. The van der Waals surface area contributed by atoms with Crippen molar-refractivity contribution < 1.29 is 33.3 Å². The van der Waals surface area contributed by atoms with Crippen LogP contribution in [0, 0.1) is 0 Å². The summed E-state index contributed by atoms with van der Waals surface area (Å²) >= 11 is 0. The molecule has 0 saturated carbocycles. The highest BCUT2D eigenvalue weighted by Crippen LogP contribution is 2.19. The third kappa shape index (κ3) is 27.8. The van der Waals surface area contributed by atoms with Crippen molar-refractivity contribution in [3.63, 3.8) is 0 Å². The summed E-state index contributed by atoms with van der Waals surface area (Å²) in [6.07, 6.45) is 24.2. The molecule has 0 bridgehead atoms. The van der Waals surface area contributed by atoms with Crippen molar-refractivity contribution in [1.82, 2.24) is 15.0 Å². The molecule has 0 spiro atoms. The molecule has 0 saturated heterocycles. The fraction of sp³-hybridized carbons (Fsp3) is 0.884. The topological polar surface area (TPSA) is 119 Å². The van der Waals surface area contributed by atoms with Gasteiger partial charge in [-0.25, -0.2) is 4.68 Å². The van der Waals surface area contributed by atoms with Gasteiger partial charge in [0.1, 0.15) is 12.2 Å². The number of carbonyl (C=O) groups excluding carboxylic acids is 3. The van der Waals surface area contributed by atoms with Crippen LogP contribution in [0.5, 0.6) is 0 Å². The summed E-state index contributed by atoms with van der Waals surface area (Å²) in [6.45, 7) is 16.6. The molecule has 0 radical (unpaired) electrons. The summed E-state index contributed by atoms with van der Waals surface area (Å²) in [5.41, 5.74) is -0.587. The van der Waals surface area contributed by atoms with Crippen molar-refractivity contribution in [2.24, 2.45) is 0 Å². The number of esters is 2. The zero-order valence-electron chi connectivity index (χ0n) is 35.7. The number of unbranched alkanes of at least 4 members (excludes halogenated alkanes) is 16. The summed E-state index contributed by atoms with van der Waals surface area (Å²) in [4.78, 5) is 38.4. The Bertz CT molecular complexity index is 1060. The van der Waals surface area contributed by atoms with E-state index in [1.54, 1.807) is 31.8 Å². The van der Waals surface area contributed by atoms with Gasteiger partial charge < -0.3 is 18.9 Å². The molecule has 310 valence electrons. The lowest BCUT2D eigenvalue weighted by atomic mass is 9.98. The Morgan fingerprint density at radius 1 is 0.717 bits per heavy atom. The monoisotopic (exact) mass is 752 g/mol. The number of hydrogen-bond acceptors (Lipinski definition) is 9. The van der Waals surface area contributed by atoms with Gasteiger partial charge in [-0.3, -0.25) is 14.4 Å². The maximum atomic E-state index is 13.0. The average Bonchev–Trinajstić information content (AvgIpc) is 3.59. The molecular formula is C43H81N3O7. The Morgan fingerprint density at radius 2 is 1.21 bits per heavy atom. The number of rotatable bonds is 34. The van der Waals surface area contributed by atoms with E-state index in [0.29, 0.717) is 38.0 Å². The summed E-state index contributed by atoms with van der Waals surface area (Å²) in [7, 11) is 1.67. The van der Waals surface area contributed by atoms with Crippen LogP contribution in [0.2, 0.25) is 0 Å². The molecule has 0 aliphatic heterocycles. The highest BCUT2D eigenvalue weighted by Gasteiger charge is 2.29. The second kappa shape index (κ2) is 32.0. The van der Waals surface area contributed by atoms with E-state index >= 15 is 0 Å². The van der Waals surface area contributed by atoms with E-state index in [2.05, 4.69) is 24.2 Å². The number of methoxy groups -OCH3 is 1. The molecule has 1 aromatic heterocycles. The summed E-state index contributed by atoms with van der Waals surface area (Å²) in [6, 6.07) is 0. The molecule has 1 unspecified atom stereocenters. The predicted molar refractivity (Wildman–Crippen MR) is 215 cm³/mol. The molecule has 0 aliphatic carbocycles. The van der Waals surface area contributed by atoms with Gasteiger partial charge in [0.15, 0.2) is 11.9 Å². The molecule has 53 heavy (non-hydrogen) atoms. The highest BCUT2D eigenvalue weighted by atomic mass is 16.6. The first-order valence-electron chi connectivity index (χ1n) is 21.4. The van der Waals surface area contributed by atoms with Crippen LogP contribution in [0.25, 0.3) is 0 Å². The van der Waals surface area contributed by atoms with Crippen molar-refractivity contribution in [1.29, 1.82) is 0 Å². The Morgan fingerprint density at radius 3 is 1.72 bits per heavy atom. The number of nitrogens with zero attached hydrogens (tertiary/aromatic N) is 3. The standard InChI is InChI=1S/C41H75N3O7.C2H6/c1-8-10-12-14-16-18-20-22-24-26-38(46)49-34-36(51-39(47)27-25-23-21-19-17-15-13-11-9-2)33-44-32-35(42-43-44)28-29-37(45)41(5,6)50-31-30-40(3,4)48-7;1-2/h32,36H,8-31,33-34H2,1-7H3;1-2H3. The van der Waals surface area contributed by atoms with Gasteiger partial charge in [0.2, 0.25) is 0 Å². The van der Waals surface area contributed by atoms with Crippen molar-refractivity contribution in [3.8, 4) is 0 Å². The minimum atomic E-state index is -0.925. The molecule has 1 aromatic rings. The van der Waals surface area contributed by atoms with Gasteiger partial charge in [-0.2, -0.15) is 0 Å². The molecule has 0 aromatic carbocycles. The van der Waals surface area contributed by atoms with E-state index in [-0.39, 0.29) is 42.9 Å². The lowest BCUT2D eigenvalue weighted by molar-refractivity contribution is -0.160. The highest BCUT2D eigenvalue weighted by molar-refractivity contribution is 5.86. The molecule has 0 fully saturated rings. The zero-order chi connectivity index (χ0) is 39.8. The quantitative estimate of drug-likeness (QED) is 0.0500. The number of hydrogen-bond donors (Lipinski definition) is 0. The fourth-order valence-electron chi connectivity index (χ4n) is 5.81. The first-order valence-corrected chi connectivity index (χ1v) is 21.4. The van der Waals surface area contributed by atoms with Gasteiger partial charge in [-0.05, 0) is 47.0 Å². The largest absolute Gasteiger partial charge is 0.462 e. The third-order valence-corrected chi connectivity index (χ3v) is 9.67. The Balaban J connectivity index is 0.0000133. The predicted octanol–water partition coefficient (Wildman–Crippen LogP) is 10.7. The van der Waals surface area contributed by atoms with Gasteiger partial charge in [-0.1, -0.05) is 136 Å². The van der Waals surface area contributed by atoms with Crippen molar-refractivity contribution in [2.75, 3.05) is 20.3 Å². The number of ether oxygens (including phenoxy) is 4. The lowest BCUT2D eigenvalue weighted by Gasteiger charge is -2.27. The van der Waals surface area contributed by atoms with Crippen molar-refractivity contribution in [3.05, 3.63) is 11.9 Å². The first kappa shape index (κ1) is 50.7. The van der Waals surface area contributed by atoms with Crippen LogP contribution in [0.4, 0.5) is 0 Å². The van der Waals surface area contributed by atoms with Crippen LogP contribution in [-0.2, 0) is 46.3 Å². The summed E-state index contributed by atoms with van der Waals surface area (Å²) in [5, 5.41) is 8.46. The first-order chi connectivity index (χ1) is 25.4. The second-order valence-corrected chi connectivity index (χ2v) is 15.4. The van der Waals surface area contributed by atoms with Gasteiger partial charge in [-0.15, -0.1) is 5.10 Å². The lowest BCUT2D eigenvalue weighted by Crippen LogP contribution is -2.37. The van der Waals surface area contributed by atoms with Crippen molar-refractivity contribution in [2.45, 2.75) is 227 Å². The van der Waals surface area contributed by atoms with Crippen LogP contribution >= 0.6 is 0 Å². The molecule has 10 heteroatoms. The minimum absolute atomic E-state index is 0.0190. The average molecular weight is 752 g/mol. The van der Waals surface area contributed by atoms with Crippen LogP contribution in [0.1, 0.15) is 202 Å². The Hall–Kier alpha value is -2.33. The number of carbonyl (C=O) groups is 3. The molecule has 1 atom stereocenters. The van der Waals surface area contributed by atoms with Crippen LogP contribution < -0.4 is 0 Å². The van der Waals surface area contributed by atoms with Gasteiger partial charge in [0, 0.05) is 39.0 Å². The second-order valence-electron chi connectivity index (χ2n) is 15.4. The molecule has 0 amide bonds. The van der Waals surface area contributed by atoms with E-state index in [1.165, 1.54) is 77.0 Å². The Kier molecular flexibility index (Phi) is 30.6. The molecule has 1 heterocycles. The van der Waals surface area contributed by atoms with E-state index in [0.717, 1.165) is 38.5 Å². The minimum Gasteiger partial charge on any atom is -0.462 e. The molecule has 0 aliphatic rings. The zero-order valence-corrected chi connectivity index (χ0v) is 35.7. The number of Topliss-reactive ketones (excluding diaryl/α,β-unsaturated/α-hetero) is 1. The maximum Gasteiger partial charge on any atom is 0.306 e. The Labute approximate surface area is 324 Å². The van der Waals surface area contributed by atoms with Gasteiger partial charge in [0.25, 0.3) is 0 Å². The molecule has 10 nitrogen and oxygen atoms in total. The van der Waals surface area contributed by atoms with E-state index in [9.17, 15) is 14.4 Å². The van der Waals surface area contributed by atoms with Crippen LogP contribution in [0.3, 0.4) is 0 Å². The number of aromatic nitrogens is 3. The molecule has 1 rings (SSSR count). The van der Waals surface area contributed by atoms with Gasteiger partial charge in [0.05, 0.1) is 24.4 Å². The van der Waals surface area contributed by atoms with E-state index < -0.39 is 11.7 Å². The SMILES string of the molecule is CC.CCCCCCCCCCCC(=O)OCC(Cn1cc(CCC(=O)C(C)(C)OCCC(C)(C)OC)nn1)OC(=O)CCCCCCCCCCC. The fourth-order valence-corrected chi connectivity index (χ4v) is 5.81. The molecule has 0 N–H and O–H groups in total.